The fraction of sp³-hybridized carbons (Fsp3) is 0. The van der Waals surface area contributed by atoms with Gasteiger partial charge in [0.15, 0.2) is 0 Å². The molecule has 0 radical (unpaired) electrons. The first-order valence-electron chi connectivity index (χ1n) is 20.4. The van der Waals surface area contributed by atoms with Crippen molar-refractivity contribution >= 4 is 87.8 Å². The molecule has 12 aromatic rings. The molecule has 17 heteroatoms. The fourth-order valence-corrected chi connectivity index (χ4v) is 156. The average Bonchev–Trinajstić information content (AvgIpc) is 4.18. The molecule has 12 heterocycles. The first-order valence-corrected chi connectivity index (χ1v) is 37.0. The molecule has 0 unspecified atom stereocenters. The maximum absolute atomic E-state index is 7.16. The molecule has 0 amide bonds. The minimum absolute atomic E-state index is 0.601. The van der Waals surface area contributed by atoms with Crippen molar-refractivity contribution in [2.45, 2.75) is 0 Å². The zero-order chi connectivity index (χ0) is 43.4. The van der Waals surface area contributed by atoms with E-state index in [-0.39, 0.29) is 0 Å². The second kappa shape index (κ2) is 16.0. The molecule has 0 saturated carbocycles. The van der Waals surface area contributed by atoms with Gasteiger partial charge in [0.2, 0.25) is 0 Å². The summed E-state index contributed by atoms with van der Waals surface area (Å²) in [6, 6.07) is 47.3. The SMILES string of the molecule is c1coc([PH](c2ccco2)(c2ccco2)[Pd]([PH](c2ccco2)(c2ccco2)c2ccco2)([PH](c2ccco2)(c2ccco2)c2ccco2)[PH](c2ccco2)(c2ccco2)c2ccco2)c1. The Labute approximate surface area is 373 Å². The third-order valence-corrected chi connectivity index (χ3v) is 111. The van der Waals surface area contributed by atoms with Crippen molar-refractivity contribution in [2.75, 3.05) is 0 Å². The first kappa shape index (κ1) is 40.3. The summed E-state index contributed by atoms with van der Waals surface area (Å²) in [6.07, 6.45) is 20.4. The summed E-state index contributed by atoms with van der Waals surface area (Å²) < 4.78 is 86.0. The second-order valence-corrected chi connectivity index (χ2v) is 64.2. The summed E-state index contributed by atoms with van der Waals surface area (Å²) in [5.74, 6) is 0. The van der Waals surface area contributed by atoms with Crippen LogP contribution in [0.4, 0.5) is 0 Å². The third-order valence-electron chi connectivity index (χ3n) is 11.6. The van der Waals surface area contributed by atoms with Crippen LogP contribution >= 0.6 is 21.8 Å². The summed E-state index contributed by atoms with van der Waals surface area (Å²) in [4.78, 5) is 0. The molecular formula is C48H40O12P4Pd. The van der Waals surface area contributed by atoms with E-state index in [9.17, 15) is 0 Å². The molecule has 0 saturated heterocycles. The van der Waals surface area contributed by atoms with Gasteiger partial charge in [-0.2, -0.15) is 0 Å². The molecule has 12 aromatic heterocycles. The van der Waals surface area contributed by atoms with E-state index in [1.807, 2.05) is 146 Å². The molecule has 0 bridgehead atoms. The molecule has 12 nitrogen and oxygen atoms in total. The fourth-order valence-electron chi connectivity index (χ4n) is 9.52. The maximum atomic E-state index is 7.16. The molecule has 0 aliphatic heterocycles. The summed E-state index contributed by atoms with van der Waals surface area (Å²) in [6.45, 7) is 0. The molecule has 0 spiro atoms. The third kappa shape index (κ3) is 5.20. The van der Waals surface area contributed by atoms with Crippen LogP contribution in [0.1, 0.15) is 0 Å². The molecule has 334 valence electrons. The summed E-state index contributed by atoms with van der Waals surface area (Å²) in [5.41, 5.74) is -11.0. The Hall–Kier alpha value is -6.26. The van der Waals surface area contributed by atoms with Gasteiger partial charge in [-0.1, -0.05) is 0 Å². The predicted octanol–water partition coefficient (Wildman–Crippen LogP) is 7.82. The molecule has 12 rings (SSSR count). The van der Waals surface area contributed by atoms with Crippen LogP contribution in [-0.2, 0) is 13.6 Å². The number of furan rings is 12. The molecule has 0 aliphatic rings. The van der Waals surface area contributed by atoms with Crippen LogP contribution < -0.4 is 66.0 Å². The van der Waals surface area contributed by atoms with Gasteiger partial charge in [0.05, 0.1) is 0 Å². The minimum atomic E-state index is -5.20. The Morgan fingerprint density at radius 3 is 0.369 bits per heavy atom. The van der Waals surface area contributed by atoms with Crippen molar-refractivity contribution in [2.24, 2.45) is 0 Å². The van der Waals surface area contributed by atoms with Gasteiger partial charge in [0, 0.05) is 0 Å². The molecule has 0 atom stereocenters. The van der Waals surface area contributed by atoms with Gasteiger partial charge < -0.3 is 0 Å². The zero-order valence-electron chi connectivity index (χ0n) is 34.0. The van der Waals surface area contributed by atoms with Crippen molar-refractivity contribution in [3.63, 3.8) is 0 Å². The van der Waals surface area contributed by atoms with Crippen LogP contribution in [0, 0.1) is 0 Å². The molecule has 0 aromatic carbocycles. The zero-order valence-corrected chi connectivity index (χ0v) is 39.6. The Bertz CT molecular complexity index is 2460. The monoisotopic (exact) mass is 1040 g/mol. The summed E-state index contributed by atoms with van der Waals surface area (Å²) >= 11 is -5.20. The van der Waals surface area contributed by atoms with E-state index in [4.69, 9.17) is 53.0 Å². The number of hydrogen-bond acceptors (Lipinski definition) is 12. The van der Waals surface area contributed by atoms with E-state index in [0.29, 0.717) is 66.0 Å². The van der Waals surface area contributed by atoms with E-state index in [0.717, 1.165) is 0 Å². The van der Waals surface area contributed by atoms with E-state index in [1.165, 1.54) is 0 Å². The van der Waals surface area contributed by atoms with Gasteiger partial charge in [-0.3, -0.25) is 0 Å². The van der Waals surface area contributed by atoms with E-state index in [1.54, 1.807) is 75.2 Å². The number of hydrogen-bond donors (Lipinski definition) is 0. The molecule has 65 heavy (non-hydrogen) atoms. The van der Waals surface area contributed by atoms with Gasteiger partial charge in [0.25, 0.3) is 0 Å². The van der Waals surface area contributed by atoms with E-state index in [2.05, 4.69) is 0 Å². The van der Waals surface area contributed by atoms with Crippen LogP contribution in [0.25, 0.3) is 0 Å². The summed E-state index contributed by atoms with van der Waals surface area (Å²) in [7, 11) is 0. The van der Waals surface area contributed by atoms with Crippen LogP contribution in [0.5, 0.6) is 0 Å². The van der Waals surface area contributed by atoms with Crippen LogP contribution in [0.15, 0.2) is 274 Å². The average molecular weight is 1040 g/mol. The summed E-state index contributed by atoms with van der Waals surface area (Å²) in [5, 5.41) is 0. The van der Waals surface area contributed by atoms with Crippen molar-refractivity contribution in [1.29, 1.82) is 0 Å². The van der Waals surface area contributed by atoms with Crippen molar-refractivity contribution in [3.05, 3.63) is 221 Å². The van der Waals surface area contributed by atoms with E-state index < -0.39 is 35.4 Å². The normalized spacial score (nSPS) is 15.1. The molecule has 0 aliphatic carbocycles. The van der Waals surface area contributed by atoms with E-state index >= 15 is 0 Å². The van der Waals surface area contributed by atoms with Gasteiger partial charge in [-0.05, 0) is 0 Å². The Kier molecular flexibility index (Phi) is 9.92. The van der Waals surface area contributed by atoms with Crippen LogP contribution in [0.3, 0.4) is 0 Å². The topological polar surface area (TPSA) is 158 Å². The van der Waals surface area contributed by atoms with Gasteiger partial charge in [-0.15, -0.1) is 0 Å². The molecular weight excluding hydrogens is 999 g/mol. The Morgan fingerprint density at radius 1 is 0.185 bits per heavy atom. The van der Waals surface area contributed by atoms with Crippen molar-refractivity contribution in [1.82, 2.24) is 0 Å². The second-order valence-electron chi connectivity index (χ2n) is 14.7. The van der Waals surface area contributed by atoms with Crippen molar-refractivity contribution in [3.8, 4) is 0 Å². The number of rotatable bonds is 16. The van der Waals surface area contributed by atoms with Crippen LogP contribution in [0.2, 0.25) is 0 Å². The Balaban J connectivity index is 1.58. The standard InChI is InChI=1S/4C12H9O3P.Pd/c4*1-4-10(13-7-1)16(11-5-2-8-14-11)12-6-3-9-15-12;/h4*1-9H;/q;;;;-4/p+4. The quantitative estimate of drug-likeness (QED) is 0.0684. The molecule has 0 N–H and O–H groups in total. The van der Waals surface area contributed by atoms with Crippen LogP contribution in [-0.4, -0.2) is 0 Å². The first-order chi connectivity index (χ1) is 32.3. The predicted molar refractivity (Wildman–Crippen MR) is 253 cm³/mol. The van der Waals surface area contributed by atoms with Gasteiger partial charge in [0.1, 0.15) is 0 Å². The van der Waals surface area contributed by atoms with Crippen molar-refractivity contribution < 1.29 is 66.6 Å². The molecule has 0 fully saturated rings. The van der Waals surface area contributed by atoms with Gasteiger partial charge in [-0.25, -0.2) is 0 Å². The van der Waals surface area contributed by atoms with Gasteiger partial charge >= 0.3 is 375 Å². The Morgan fingerprint density at radius 2 is 0.292 bits per heavy atom.